The number of carbonyl (C=O) groups excluding carboxylic acids is 2. The highest BCUT2D eigenvalue weighted by Crippen LogP contribution is 2.39. The van der Waals surface area contributed by atoms with E-state index in [0.717, 1.165) is 34.2 Å². The molecule has 0 saturated carbocycles. The summed E-state index contributed by atoms with van der Waals surface area (Å²) in [6, 6.07) is 2.03. The lowest BCUT2D eigenvalue weighted by molar-refractivity contribution is -0.116. The van der Waals surface area contributed by atoms with E-state index in [2.05, 4.69) is 5.16 Å². The van der Waals surface area contributed by atoms with Gasteiger partial charge >= 0.3 is 0 Å². The van der Waals surface area contributed by atoms with E-state index in [-0.39, 0.29) is 29.7 Å². The summed E-state index contributed by atoms with van der Waals surface area (Å²) < 4.78 is 0. The molecule has 0 unspecified atom stereocenters. The van der Waals surface area contributed by atoms with Gasteiger partial charge in [-0.05, 0) is 68.7 Å². The number of ketones is 2. The maximum absolute atomic E-state index is 12.9. The van der Waals surface area contributed by atoms with Crippen molar-refractivity contribution in [2.75, 3.05) is 6.61 Å². The number of nitrogens with zero attached hydrogens (tertiary/aromatic N) is 1. The Morgan fingerprint density at radius 1 is 1.17 bits per heavy atom. The average molecular weight is 400 g/mol. The number of aryl methyl sites for hydroxylation is 2. The predicted molar refractivity (Wildman–Crippen MR) is 116 cm³/mol. The molecule has 2 rings (SSSR count). The standard InChI is InChI=1S/C24H33NO4/c1-7-10-19(26)23-15(5)11-14(4)22(16(23)6)17-12-20(27)24(21(28)13-17)18(8-2)25-29-9-3/h11,17,27H,7-10,12-13H2,1-6H3/t17-/m0/s1. The smallest absolute Gasteiger partial charge is 0.168 e. The van der Waals surface area contributed by atoms with Gasteiger partial charge in [0.1, 0.15) is 12.4 Å². The molecule has 0 radical (unpaired) electrons. The van der Waals surface area contributed by atoms with Crippen LogP contribution in [0.25, 0.3) is 0 Å². The molecule has 0 bridgehead atoms. The molecular weight excluding hydrogens is 366 g/mol. The highest BCUT2D eigenvalue weighted by molar-refractivity contribution is 6.23. The van der Waals surface area contributed by atoms with Gasteiger partial charge in [0.2, 0.25) is 0 Å². The zero-order valence-electron chi connectivity index (χ0n) is 18.5. The van der Waals surface area contributed by atoms with Gasteiger partial charge in [0.25, 0.3) is 0 Å². The molecule has 0 heterocycles. The van der Waals surface area contributed by atoms with Gasteiger partial charge in [-0.15, -0.1) is 0 Å². The van der Waals surface area contributed by atoms with Gasteiger partial charge < -0.3 is 9.94 Å². The lowest BCUT2D eigenvalue weighted by Crippen LogP contribution is -2.25. The Morgan fingerprint density at radius 3 is 2.41 bits per heavy atom. The molecule has 0 amide bonds. The molecule has 158 valence electrons. The van der Waals surface area contributed by atoms with Gasteiger partial charge in [-0.25, -0.2) is 0 Å². The van der Waals surface area contributed by atoms with Gasteiger partial charge in [-0.3, -0.25) is 9.59 Å². The first kappa shape index (κ1) is 22.9. The molecule has 1 atom stereocenters. The first-order chi connectivity index (χ1) is 13.8. The first-order valence-electron chi connectivity index (χ1n) is 10.5. The zero-order chi connectivity index (χ0) is 21.7. The highest BCUT2D eigenvalue weighted by Gasteiger charge is 2.33. The van der Waals surface area contributed by atoms with E-state index in [1.807, 2.05) is 47.6 Å². The van der Waals surface area contributed by atoms with Gasteiger partial charge in [0.15, 0.2) is 11.6 Å². The number of oxime groups is 1. The lowest BCUT2D eigenvalue weighted by Gasteiger charge is -2.28. The minimum atomic E-state index is -0.148. The van der Waals surface area contributed by atoms with Crippen LogP contribution in [0, 0.1) is 20.8 Å². The Balaban J connectivity index is 2.49. The largest absolute Gasteiger partial charge is 0.511 e. The van der Waals surface area contributed by atoms with E-state index in [4.69, 9.17) is 4.84 Å². The van der Waals surface area contributed by atoms with E-state index in [1.54, 1.807) is 0 Å². The fourth-order valence-corrected chi connectivity index (χ4v) is 4.47. The van der Waals surface area contributed by atoms with Crippen molar-refractivity contribution in [2.45, 2.75) is 79.6 Å². The summed E-state index contributed by atoms with van der Waals surface area (Å²) in [5, 5.41) is 14.7. The van der Waals surface area contributed by atoms with E-state index < -0.39 is 0 Å². The molecule has 0 aliphatic heterocycles. The zero-order valence-corrected chi connectivity index (χ0v) is 18.5. The van der Waals surface area contributed by atoms with Crippen LogP contribution in [0.2, 0.25) is 0 Å². The molecule has 5 heteroatoms. The van der Waals surface area contributed by atoms with Crippen molar-refractivity contribution in [3.05, 3.63) is 45.2 Å². The van der Waals surface area contributed by atoms with Crippen molar-refractivity contribution in [1.29, 1.82) is 0 Å². The second kappa shape index (κ2) is 9.86. The topological polar surface area (TPSA) is 76.0 Å². The number of Topliss-reactive ketones (excluding diaryl/α,β-unsaturated/α-hetero) is 2. The second-order valence-corrected chi connectivity index (χ2v) is 7.76. The number of allylic oxidation sites excluding steroid dienone is 2. The van der Waals surface area contributed by atoms with Crippen LogP contribution in [0.4, 0.5) is 0 Å². The number of rotatable bonds is 8. The summed E-state index contributed by atoms with van der Waals surface area (Å²) in [5.74, 6) is -0.0686. The molecule has 29 heavy (non-hydrogen) atoms. The Kier molecular flexibility index (Phi) is 7.77. The summed E-state index contributed by atoms with van der Waals surface area (Å²) in [6.07, 6.45) is 2.47. The van der Waals surface area contributed by atoms with Crippen molar-refractivity contribution in [2.24, 2.45) is 5.16 Å². The fraction of sp³-hybridized carbons (Fsp3) is 0.542. The number of hydrogen-bond donors (Lipinski definition) is 1. The summed E-state index contributed by atoms with van der Waals surface area (Å²) >= 11 is 0. The van der Waals surface area contributed by atoms with Gasteiger partial charge in [-0.2, -0.15) is 0 Å². The minimum Gasteiger partial charge on any atom is -0.511 e. The highest BCUT2D eigenvalue weighted by atomic mass is 16.6. The van der Waals surface area contributed by atoms with Crippen LogP contribution in [0.1, 0.15) is 91.4 Å². The molecule has 5 nitrogen and oxygen atoms in total. The molecular formula is C24H33NO4. The third-order valence-corrected chi connectivity index (χ3v) is 5.56. The van der Waals surface area contributed by atoms with Crippen LogP contribution in [-0.4, -0.2) is 29.0 Å². The number of carbonyl (C=O) groups is 2. The Bertz CT molecular complexity index is 864. The van der Waals surface area contributed by atoms with Crippen LogP contribution in [0.15, 0.2) is 22.6 Å². The molecule has 1 aliphatic rings. The summed E-state index contributed by atoms with van der Waals surface area (Å²) in [6.45, 7) is 12.1. The summed E-state index contributed by atoms with van der Waals surface area (Å²) in [5.41, 5.74) is 5.53. The second-order valence-electron chi connectivity index (χ2n) is 7.76. The van der Waals surface area contributed by atoms with Crippen molar-refractivity contribution < 1.29 is 19.5 Å². The van der Waals surface area contributed by atoms with E-state index in [1.165, 1.54) is 0 Å². The van der Waals surface area contributed by atoms with E-state index in [0.29, 0.717) is 37.2 Å². The van der Waals surface area contributed by atoms with Crippen LogP contribution in [0.5, 0.6) is 0 Å². The maximum Gasteiger partial charge on any atom is 0.168 e. The van der Waals surface area contributed by atoms with Crippen LogP contribution < -0.4 is 0 Å². The number of hydrogen-bond acceptors (Lipinski definition) is 5. The molecule has 0 saturated heterocycles. The van der Waals surface area contributed by atoms with Crippen molar-refractivity contribution >= 4 is 17.3 Å². The van der Waals surface area contributed by atoms with Gasteiger partial charge in [-0.1, -0.05) is 25.1 Å². The van der Waals surface area contributed by atoms with Crippen molar-refractivity contribution in [3.8, 4) is 0 Å². The molecule has 0 spiro atoms. The predicted octanol–water partition coefficient (Wildman–Crippen LogP) is 5.66. The quantitative estimate of drug-likeness (QED) is 0.348. The molecule has 0 aromatic heterocycles. The SMILES string of the molecule is CCCC(=O)c1c(C)cc(C)c([C@@H]2CC(=O)C(C(CC)=NOCC)=C(O)C2)c1C. The maximum atomic E-state index is 12.9. The number of aliphatic hydroxyl groups excluding tert-OH is 1. The van der Waals surface area contributed by atoms with Crippen LogP contribution >= 0.6 is 0 Å². The van der Waals surface area contributed by atoms with E-state index >= 15 is 0 Å². The Morgan fingerprint density at radius 2 is 1.86 bits per heavy atom. The van der Waals surface area contributed by atoms with Crippen LogP contribution in [0.3, 0.4) is 0 Å². The summed E-state index contributed by atoms with van der Waals surface area (Å²) in [4.78, 5) is 30.7. The third-order valence-electron chi connectivity index (χ3n) is 5.56. The summed E-state index contributed by atoms with van der Waals surface area (Å²) in [7, 11) is 0. The molecule has 1 aliphatic carbocycles. The monoisotopic (exact) mass is 399 g/mol. The van der Waals surface area contributed by atoms with Gasteiger partial charge in [0.05, 0.1) is 11.3 Å². The third kappa shape index (κ3) is 4.77. The van der Waals surface area contributed by atoms with Crippen molar-refractivity contribution in [3.63, 3.8) is 0 Å². The van der Waals surface area contributed by atoms with Crippen molar-refractivity contribution in [1.82, 2.24) is 0 Å². The van der Waals surface area contributed by atoms with Crippen LogP contribution in [-0.2, 0) is 9.63 Å². The fourth-order valence-electron chi connectivity index (χ4n) is 4.47. The van der Waals surface area contributed by atoms with Gasteiger partial charge in [0, 0.05) is 24.8 Å². The number of benzene rings is 1. The average Bonchev–Trinajstić information content (AvgIpc) is 2.63. The molecule has 1 aromatic carbocycles. The first-order valence-corrected chi connectivity index (χ1v) is 10.5. The Labute approximate surface area is 173 Å². The molecule has 1 N–H and O–H groups in total. The normalized spacial score (nSPS) is 17.7. The molecule has 1 aromatic rings. The van der Waals surface area contributed by atoms with E-state index in [9.17, 15) is 14.7 Å². The minimum absolute atomic E-state index is 0.0624. The lowest BCUT2D eigenvalue weighted by atomic mass is 9.76. The Hall–Kier alpha value is -2.43. The molecule has 0 fully saturated rings. The number of aliphatic hydroxyl groups is 1.